The Morgan fingerprint density at radius 1 is 1.73 bits per heavy atom. The summed E-state index contributed by atoms with van der Waals surface area (Å²) in [6, 6.07) is 0. The lowest BCUT2D eigenvalue weighted by Crippen LogP contribution is -2.14. The SMILES string of the molecule is CC(C)OC(=O)C1CC1CO. The Morgan fingerprint density at radius 2 is 2.36 bits per heavy atom. The van der Waals surface area contributed by atoms with Gasteiger partial charge in [-0.1, -0.05) is 0 Å². The van der Waals surface area contributed by atoms with Crippen molar-refractivity contribution in [1.82, 2.24) is 0 Å². The quantitative estimate of drug-likeness (QED) is 0.611. The summed E-state index contributed by atoms with van der Waals surface area (Å²) in [5.74, 6) is -0.0114. The molecular formula is C8H14O3. The fraction of sp³-hybridized carbons (Fsp3) is 0.875. The van der Waals surface area contributed by atoms with Crippen LogP contribution in [0.25, 0.3) is 0 Å². The molecule has 64 valence electrons. The Kier molecular flexibility index (Phi) is 2.49. The van der Waals surface area contributed by atoms with Crippen LogP contribution >= 0.6 is 0 Å². The van der Waals surface area contributed by atoms with Crippen molar-refractivity contribution in [2.75, 3.05) is 6.61 Å². The van der Waals surface area contributed by atoms with Crippen LogP contribution in [0.1, 0.15) is 20.3 Å². The smallest absolute Gasteiger partial charge is 0.309 e. The van der Waals surface area contributed by atoms with Crippen LogP contribution < -0.4 is 0 Å². The van der Waals surface area contributed by atoms with Gasteiger partial charge in [-0.15, -0.1) is 0 Å². The number of aliphatic hydroxyl groups excluding tert-OH is 1. The first-order valence-corrected chi connectivity index (χ1v) is 3.96. The van der Waals surface area contributed by atoms with Crippen LogP contribution in [0.15, 0.2) is 0 Å². The lowest BCUT2D eigenvalue weighted by molar-refractivity contribution is -0.149. The molecular weight excluding hydrogens is 144 g/mol. The highest BCUT2D eigenvalue weighted by molar-refractivity contribution is 5.75. The Morgan fingerprint density at radius 3 is 2.73 bits per heavy atom. The highest BCUT2D eigenvalue weighted by atomic mass is 16.5. The fourth-order valence-electron chi connectivity index (χ4n) is 1.06. The van der Waals surface area contributed by atoms with Gasteiger partial charge in [-0.05, 0) is 26.2 Å². The molecule has 0 aliphatic heterocycles. The van der Waals surface area contributed by atoms with Crippen LogP contribution in [-0.2, 0) is 9.53 Å². The minimum Gasteiger partial charge on any atom is -0.463 e. The second kappa shape index (κ2) is 3.22. The third-order valence-electron chi connectivity index (χ3n) is 1.81. The molecule has 2 unspecified atom stereocenters. The maximum atomic E-state index is 11.1. The number of rotatable bonds is 3. The Bertz CT molecular complexity index is 153. The van der Waals surface area contributed by atoms with Crippen molar-refractivity contribution < 1.29 is 14.6 Å². The first-order chi connectivity index (χ1) is 5.15. The summed E-state index contributed by atoms with van der Waals surface area (Å²) in [4.78, 5) is 11.1. The minimum absolute atomic E-state index is 0.0256. The largest absolute Gasteiger partial charge is 0.463 e. The summed E-state index contributed by atoms with van der Waals surface area (Å²) >= 11 is 0. The number of carbonyl (C=O) groups is 1. The van der Waals surface area contributed by atoms with Crippen LogP contribution in [0.2, 0.25) is 0 Å². The van der Waals surface area contributed by atoms with E-state index in [9.17, 15) is 4.79 Å². The summed E-state index contributed by atoms with van der Waals surface area (Å²) < 4.78 is 4.96. The van der Waals surface area contributed by atoms with Crippen molar-refractivity contribution in [3.05, 3.63) is 0 Å². The maximum absolute atomic E-state index is 11.1. The summed E-state index contributed by atoms with van der Waals surface area (Å²) in [5.41, 5.74) is 0. The molecule has 2 atom stereocenters. The molecule has 0 bridgehead atoms. The highest BCUT2D eigenvalue weighted by Gasteiger charge is 2.43. The summed E-state index contributed by atoms with van der Waals surface area (Å²) in [6.07, 6.45) is 0.754. The lowest BCUT2D eigenvalue weighted by atomic mass is 10.3. The molecule has 0 spiro atoms. The molecule has 1 saturated carbocycles. The average molecular weight is 158 g/mol. The molecule has 1 rings (SSSR count). The fourth-order valence-corrected chi connectivity index (χ4v) is 1.06. The lowest BCUT2D eigenvalue weighted by Gasteiger charge is -2.06. The van der Waals surface area contributed by atoms with E-state index in [1.807, 2.05) is 13.8 Å². The van der Waals surface area contributed by atoms with E-state index in [4.69, 9.17) is 9.84 Å². The molecule has 0 saturated heterocycles. The molecule has 3 heteroatoms. The van der Waals surface area contributed by atoms with E-state index in [2.05, 4.69) is 0 Å². The van der Waals surface area contributed by atoms with Gasteiger partial charge in [-0.3, -0.25) is 4.79 Å². The molecule has 0 heterocycles. The molecule has 1 aliphatic rings. The predicted octanol–water partition coefficient (Wildman–Crippen LogP) is 0.566. The molecule has 1 fully saturated rings. The first kappa shape index (κ1) is 8.53. The van der Waals surface area contributed by atoms with E-state index >= 15 is 0 Å². The van der Waals surface area contributed by atoms with Crippen LogP contribution in [0.5, 0.6) is 0 Å². The first-order valence-electron chi connectivity index (χ1n) is 3.96. The van der Waals surface area contributed by atoms with Gasteiger partial charge in [0.2, 0.25) is 0 Å². The van der Waals surface area contributed by atoms with Crippen molar-refractivity contribution in [2.45, 2.75) is 26.4 Å². The van der Waals surface area contributed by atoms with Crippen molar-refractivity contribution in [3.63, 3.8) is 0 Å². The molecule has 0 radical (unpaired) electrons. The van der Waals surface area contributed by atoms with Gasteiger partial charge in [0.25, 0.3) is 0 Å². The number of carbonyl (C=O) groups excluding carboxylic acids is 1. The summed E-state index contributed by atoms with van der Waals surface area (Å²) in [5, 5.41) is 8.65. The second-order valence-corrected chi connectivity index (χ2v) is 3.27. The molecule has 0 aromatic carbocycles. The van der Waals surface area contributed by atoms with Crippen molar-refractivity contribution in [2.24, 2.45) is 11.8 Å². The van der Waals surface area contributed by atoms with Gasteiger partial charge in [0, 0.05) is 6.61 Å². The van der Waals surface area contributed by atoms with E-state index in [-0.39, 0.29) is 30.5 Å². The normalized spacial score (nSPS) is 28.7. The van der Waals surface area contributed by atoms with E-state index in [0.717, 1.165) is 6.42 Å². The van der Waals surface area contributed by atoms with Gasteiger partial charge in [0.1, 0.15) is 0 Å². The molecule has 3 nitrogen and oxygen atoms in total. The highest BCUT2D eigenvalue weighted by Crippen LogP contribution is 2.38. The van der Waals surface area contributed by atoms with Gasteiger partial charge in [-0.25, -0.2) is 0 Å². The van der Waals surface area contributed by atoms with Gasteiger partial charge in [0.05, 0.1) is 12.0 Å². The van der Waals surface area contributed by atoms with E-state index < -0.39 is 0 Å². The monoisotopic (exact) mass is 158 g/mol. The third-order valence-corrected chi connectivity index (χ3v) is 1.81. The molecule has 0 aromatic rings. The van der Waals surface area contributed by atoms with Crippen molar-refractivity contribution in [3.8, 4) is 0 Å². The average Bonchev–Trinajstić information content (AvgIpc) is 2.63. The van der Waals surface area contributed by atoms with Gasteiger partial charge < -0.3 is 9.84 Å². The Labute approximate surface area is 66.4 Å². The van der Waals surface area contributed by atoms with Gasteiger partial charge >= 0.3 is 5.97 Å². The number of esters is 1. The van der Waals surface area contributed by atoms with Crippen molar-refractivity contribution in [1.29, 1.82) is 0 Å². The number of hydrogen-bond acceptors (Lipinski definition) is 3. The minimum atomic E-state index is -0.154. The summed E-state index contributed by atoms with van der Waals surface area (Å²) in [7, 11) is 0. The Hall–Kier alpha value is -0.570. The zero-order valence-corrected chi connectivity index (χ0v) is 6.91. The molecule has 0 amide bonds. The number of ether oxygens (including phenoxy) is 1. The molecule has 1 N–H and O–H groups in total. The summed E-state index contributed by atoms with van der Waals surface area (Å²) in [6.45, 7) is 3.76. The Balaban J connectivity index is 2.23. The molecule has 1 aliphatic carbocycles. The van der Waals surface area contributed by atoms with E-state index in [1.54, 1.807) is 0 Å². The van der Waals surface area contributed by atoms with Crippen LogP contribution in [0.3, 0.4) is 0 Å². The molecule has 11 heavy (non-hydrogen) atoms. The van der Waals surface area contributed by atoms with Gasteiger partial charge in [0.15, 0.2) is 0 Å². The van der Waals surface area contributed by atoms with E-state index in [0.29, 0.717) is 0 Å². The maximum Gasteiger partial charge on any atom is 0.309 e. The number of hydrogen-bond donors (Lipinski definition) is 1. The van der Waals surface area contributed by atoms with Crippen LogP contribution in [0, 0.1) is 11.8 Å². The standard InChI is InChI=1S/C8H14O3/c1-5(2)11-8(10)7-3-6(7)4-9/h5-7,9H,3-4H2,1-2H3. The van der Waals surface area contributed by atoms with E-state index in [1.165, 1.54) is 0 Å². The zero-order valence-electron chi connectivity index (χ0n) is 6.91. The topological polar surface area (TPSA) is 46.5 Å². The van der Waals surface area contributed by atoms with Gasteiger partial charge in [-0.2, -0.15) is 0 Å². The predicted molar refractivity (Wildman–Crippen MR) is 39.9 cm³/mol. The zero-order chi connectivity index (χ0) is 8.43. The molecule has 0 aromatic heterocycles. The second-order valence-electron chi connectivity index (χ2n) is 3.27. The van der Waals surface area contributed by atoms with Crippen LogP contribution in [0.4, 0.5) is 0 Å². The third kappa shape index (κ3) is 2.19. The van der Waals surface area contributed by atoms with Crippen LogP contribution in [-0.4, -0.2) is 23.8 Å². The van der Waals surface area contributed by atoms with Crippen molar-refractivity contribution >= 4 is 5.97 Å². The number of aliphatic hydroxyl groups is 1.